The summed E-state index contributed by atoms with van der Waals surface area (Å²) in [6, 6.07) is 6.98. The van der Waals surface area contributed by atoms with Crippen LogP contribution in [0.25, 0.3) is 0 Å². The van der Waals surface area contributed by atoms with Crippen molar-refractivity contribution in [2.24, 2.45) is 0 Å². The fraction of sp³-hybridized carbons (Fsp3) is 0.500. The van der Waals surface area contributed by atoms with Crippen LogP contribution in [0.5, 0.6) is 5.75 Å². The number of hydrogen-bond acceptors (Lipinski definition) is 5. The number of nitrogens with one attached hydrogen (secondary N) is 1. The monoisotopic (exact) mass is 324 g/mol. The van der Waals surface area contributed by atoms with Gasteiger partial charge < -0.3 is 24.4 Å². The first-order valence-corrected chi connectivity index (χ1v) is 7.33. The lowest BCUT2D eigenvalue weighted by molar-refractivity contribution is -0.134. The van der Waals surface area contributed by atoms with Gasteiger partial charge in [0.2, 0.25) is 5.91 Å². The summed E-state index contributed by atoms with van der Waals surface area (Å²) in [5.41, 5.74) is 0.535. The first-order chi connectivity index (χ1) is 11.1. The molecule has 0 fully saturated rings. The summed E-state index contributed by atoms with van der Waals surface area (Å²) in [5.74, 6) is 0.0837. The van der Waals surface area contributed by atoms with E-state index < -0.39 is 0 Å². The molecule has 0 radical (unpaired) electrons. The number of nitrogens with zero attached hydrogens (tertiary/aromatic N) is 1. The molecule has 7 heteroatoms. The maximum Gasteiger partial charge on any atom is 0.260 e. The zero-order chi connectivity index (χ0) is 17.1. The molecule has 0 aromatic heterocycles. The Kier molecular flexibility index (Phi) is 8.71. The highest BCUT2D eigenvalue weighted by Crippen LogP contribution is 2.23. The molecule has 1 aromatic rings. The molecule has 0 saturated carbocycles. The molecule has 7 nitrogen and oxygen atoms in total. The van der Waals surface area contributed by atoms with Gasteiger partial charge in [0, 0.05) is 34.2 Å². The van der Waals surface area contributed by atoms with Crippen LogP contribution >= 0.6 is 0 Å². The Bertz CT molecular complexity index is 499. The second-order valence-corrected chi connectivity index (χ2v) is 4.83. The summed E-state index contributed by atoms with van der Waals surface area (Å²) in [6.45, 7) is 3.11. The van der Waals surface area contributed by atoms with E-state index in [4.69, 9.17) is 14.2 Å². The Morgan fingerprint density at radius 1 is 1.09 bits per heavy atom. The van der Waals surface area contributed by atoms with Crippen molar-refractivity contribution in [2.75, 3.05) is 52.4 Å². The number of methoxy groups -OCH3 is 2. The smallest absolute Gasteiger partial charge is 0.260 e. The van der Waals surface area contributed by atoms with Gasteiger partial charge in [-0.05, 0) is 12.1 Å². The molecule has 1 rings (SSSR count). The van der Waals surface area contributed by atoms with Crippen LogP contribution in [-0.4, -0.2) is 63.8 Å². The summed E-state index contributed by atoms with van der Waals surface area (Å²) in [5, 5.41) is 2.67. The molecule has 0 aliphatic rings. The van der Waals surface area contributed by atoms with E-state index in [0.717, 1.165) is 0 Å². The van der Waals surface area contributed by atoms with Gasteiger partial charge in [0.05, 0.1) is 18.9 Å². The molecule has 0 bridgehead atoms. The topological polar surface area (TPSA) is 77.1 Å². The van der Waals surface area contributed by atoms with E-state index in [2.05, 4.69) is 5.32 Å². The molecular formula is C16H24N2O5. The normalized spacial score (nSPS) is 10.2. The maximum absolute atomic E-state index is 12.3. The minimum atomic E-state index is -0.200. The van der Waals surface area contributed by atoms with E-state index in [1.54, 1.807) is 43.4 Å². The van der Waals surface area contributed by atoms with Crippen LogP contribution in [0.4, 0.5) is 5.69 Å². The van der Waals surface area contributed by atoms with Crippen LogP contribution in [-0.2, 0) is 19.1 Å². The van der Waals surface area contributed by atoms with Gasteiger partial charge in [-0.2, -0.15) is 0 Å². The van der Waals surface area contributed by atoms with Gasteiger partial charge in [0.1, 0.15) is 5.75 Å². The zero-order valence-corrected chi connectivity index (χ0v) is 13.8. The predicted octanol–water partition coefficient (Wildman–Crippen LogP) is 1.15. The second-order valence-electron chi connectivity index (χ2n) is 4.83. The SMILES string of the molecule is COCCN(CCOC)C(=O)COc1ccccc1NC(C)=O. The van der Waals surface area contributed by atoms with Gasteiger partial charge >= 0.3 is 0 Å². The minimum Gasteiger partial charge on any atom is -0.482 e. The molecule has 1 aromatic carbocycles. The number of anilines is 1. The van der Waals surface area contributed by atoms with Crippen molar-refractivity contribution in [3.8, 4) is 5.75 Å². The van der Waals surface area contributed by atoms with Gasteiger partial charge in [-0.25, -0.2) is 0 Å². The van der Waals surface area contributed by atoms with Crippen molar-refractivity contribution in [2.45, 2.75) is 6.92 Å². The number of carbonyl (C=O) groups excluding carboxylic acids is 2. The Morgan fingerprint density at radius 3 is 2.26 bits per heavy atom. The van der Waals surface area contributed by atoms with Crippen LogP contribution in [0.1, 0.15) is 6.92 Å². The van der Waals surface area contributed by atoms with E-state index in [0.29, 0.717) is 37.7 Å². The van der Waals surface area contributed by atoms with Crippen molar-refractivity contribution in [3.63, 3.8) is 0 Å². The van der Waals surface area contributed by atoms with Crippen LogP contribution < -0.4 is 10.1 Å². The predicted molar refractivity (Wildman–Crippen MR) is 86.6 cm³/mol. The molecule has 23 heavy (non-hydrogen) atoms. The van der Waals surface area contributed by atoms with Gasteiger partial charge in [0.15, 0.2) is 6.61 Å². The maximum atomic E-state index is 12.3. The minimum absolute atomic E-state index is 0.121. The molecule has 1 N–H and O–H groups in total. The fourth-order valence-corrected chi connectivity index (χ4v) is 1.88. The Balaban J connectivity index is 2.63. The summed E-state index contributed by atoms with van der Waals surface area (Å²) < 4.78 is 15.6. The third-order valence-corrected chi connectivity index (χ3v) is 3.03. The molecule has 0 atom stereocenters. The lowest BCUT2D eigenvalue weighted by Crippen LogP contribution is -2.39. The first kappa shape index (κ1) is 18.9. The summed E-state index contributed by atoms with van der Waals surface area (Å²) in [6.07, 6.45) is 0. The van der Waals surface area contributed by atoms with Crippen molar-refractivity contribution in [3.05, 3.63) is 24.3 Å². The number of rotatable bonds is 10. The summed E-state index contributed by atoms with van der Waals surface area (Å²) in [7, 11) is 3.16. The highest BCUT2D eigenvalue weighted by molar-refractivity contribution is 5.90. The van der Waals surface area contributed by atoms with Crippen LogP contribution in [0.3, 0.4) is 0 Å². The van der Waals surface area contributed by atoms with Gasteiger partial charge in [-0.15, -0.1) is 0 Å². The molecule has 0 aliphatic heterocycles. The van der Waals surface area contributed by atoms with E-state index in [1.165, 1.54) is 6.92 Å². The quantitative estimate of drug-likeness (QED) is 0.698. The van der Waals surface area contributed by atoms with E-state index in [1.807, 2.05) is 0 Å². The molecule has 2 amide bonds. The highest BCUT2D eigenvalue weighted by atomic mass is 16.5. The molecule has 0 aliphatic carbocycles. The summed E-state index contributed by atoms with van der Waals surface area (Å²) in [4.78, 5) is 25.1. The zero-order valence-electron chi connectivity index (χ0n) is 13.8. The average molecular weight is 324 g/mol. The first-order valence-electron chi connectivity index (χ1n) is 7.33. The number of carbonyl (C=O) groups is 2. The number of ether oxygens (including phenoxy) is 3. The van der Waals surface area contributed by atoms with E-state index in [9.17, 15) is 9.59 Å². The molecule has 0 heterocycles. The number of amides is 2. The third-order valence-electron chi connectivity index (χ3n) is 3.03. The molecule has 0 unspecified atom stereocenters. The largest absolute Gasteiger partial charge is 0.482 e. The van der Waals surface area contributed by atoms with Crippen molar-refractivity contribution in [1.29, 1.82) is 0 Å². The Hall–Kier alpha value is -2.12. The summed E-state index contributed by atoms with van der Waals surface area (Å²) >= 11 is 0. The van der Waals surface area contributed by atoms with Crippen molar-refractivity contribution < 1.29 is 23.8 Å². The number of hydrogen-bond donors (Lipinski definition) is 1. The van der Waals surface area contributed by atoms with Crippen molar-refractivity contribution >= 4 is 17.5 Å². The van der Waals surface area contributed by atoms with Crippen LogP contribution in [0, 0.1) is 0 Å². The van der Waals surface area contributed by atoms with Crippen LogP contribution in [0.2, 0.25) is 0 Å². The van der Waals surface area contributed by atoms with Crippen LogP contribution in [0.15, 0.2) is 24.3 Å². The van der Waals surface area contributed by atoms with E-state index in [-0.39, 0.29) is 18.4 Å². The second kappa shape index (κ2) is 10.6. The average Bonchev–Trinajstić information content (AvgIpc) is 2.53. The standard InChI is InChI=1S/C16H24N2O5/c1-13(19)17-14-6-4-5-7-15(14)23-12-16(20)18(8-10-21-2)9-11-22-3/h4-7H,8-12H2,1-3H3,(H,17,19). The Labute approximate surface area is 136 Å². The number of para-hydroxylation sites is 2. The van der Waals surface area contributed by atoms with Crippen molar-refractivity contribution in [1.82, 2.24) is 4.90 Å². The molecule has 128 valence electrons. The highest BCUT2D eigenvalue weighted by Gasteiger charge is 2.15. The van der Waals surface area contributed by atoms with E-state index >= 15 is 0 Å². The third kappa shape index (κ3) is 7.12. The van der Waals surface area contributed by atoms with Gasteiger partial charge in [-0.1, -0.05) is 12.1 Å². The lowest BCUT2D eigenvalue weighted by atomic mass is 10.3. The fourth-order valence-electron chi connectivity index (χ4n) is 1.88. The molecule has 0 spiro atoms. The number of benzene rings is 1. The molecule has 0 saturated heterocycles. The van der Waals surface area contributed by atoms with Gasteiger partial charge in [0.25, 0.3) is 5.91 Å². The lowest BCUT2D eigenvalue weighted by Gasteiger charge is -2.22. The Morgan fingerprint density at radius 2 is 1.70 bits per heavy atom. The molecular weight excluding hydrogens is 300 g/mol. The van der Waals surface area contributed by atoms with Gasteiger partial charge in [-0.3, -0.25) is 9.59 Å².